The van der Waals surface area contributed by atoms with Crippen molar-refractivity contribution in [1.82, 2.24) is 52.5 Å². The predicted octanol–water partition coefficient (Wildman–Crippen LogP) is 1.20. The Labute approximate surface area is 473 Å². The Morgan fingerprint density at radius 2 is 0.543 bits per heavy atom. The summed E-state index contributed by atoms with van der Waals surface area (Å²) in [6.45, 7) is 0.900. The Morgan fingerprint density at radius 3 is 0.778 bits per heavy atom. The molecule has 8 atom stereocenters. The lowest BCUT2D eigenvalue weighted by Gasteiger charge is -2.29. The maximum atomic E-state index is 15.0. The first-order valence-electron chi connectivity index (χ1n) is 28.0. The summed E-state index contributed by atoms with van der Waals surface area (Å²) in [6.07, 6.45) is 5.67. The van der Waals surface area contributed by atoms with Crippen molar-refractivity contribution in [3.05, 3.63) is 162 Å². The Hall–Kier alpha value is -8.27. The number of H-pyrrole nitrogens is 1. The molecular formula is C60H79N13O8. The van der Waals surface area contributed by atoms with Gasteiger partial charge >= 0.3 is 0 Å². The first kappa shape index (κ1) is 61.9. The number of hydrogen-bond donors (Lipinski definition) is 12. The van der Waals surface area contributed by atoms with Crippen LogP contribution in [0.4, 0.5) is 0 Å². The molecule has 0 spiro atoms. The van der Waals surface area contributed by atoms with E-state index in [1.807, 2.05) is 18.2 Å². The fourth-order valence-electron chi connectivity index (χ4n) is 9.53. The number of aromatic amines is 1. The fourth-order valence-corrected chi connectivity index (χ4v) is 9.53. The van der Waals surface area contributed by atoms with Gasteiger partial charge in [-0.25, -0.2) is 4.98 Å². The zero-order chi connectivity index (χ0) is 57.8. The van der Waals surface area contributed by atoms with Gasteiger partial charge in [-0.2, -0.15) is 0 Å². The number of nitrogens with zero attached hydrogens (tertiary/aromatic N) is 1. The van der Waals surface area contributed by atoms with Gasteiger partial charge in [-0.15, -0.1) is 0 Å². The Bertz CT molecular complexity index is 2760. The van der Waals surface area contributed by atoms with Gasteiger partial charge < -0.3 is 64.7 Å². The van der Waals surface area contributed by atoms with E-state index in [0.29, 0.717) is 86.1 Å². The third-order valence-corrected chi connectivity index (χ3v) is 14.0. The summed E-state index contributed by atoms with van der Waals surface area (Å²) in [7, 11) is 0. The van der Waals surface area contributed by atoms with Gasteiger partial charge in [0.1, 0.15) is 48.3 Å². The molecular weight excluding hydrogens is 1030 g/mol. The molecule has 0 bridgehead atoms. The number of imidazole rings is 1. The Kier molecular flexibility index (Phi) is 25.5. The Morgan fingerprint density at radius 1 is 0.309 bits per heavy atom. The van der Waals surface area contributed by atoms with E-state index < -0.39 is 95.6 Å². The number of carbonyl (C=O) groups excluding carboxylic acids is 8. The van der Waals surface area contributed by atoms with Crippen molar-refractivity contribution in [3.63, 3.8) is 0 Å². The van der Waals surface area contributed by atoms with Gasteiger partial charge in [-0.3, -0.25) is 38.4 Å². The molecule has 0 saturated carbocycles. The quantitative estimate of drug-likeness (QED) is 0.0435. The maximum absolute atomic E-state index is 15.0. The zero-order valence-electron chi connectivity index (χ0n) is 45.8. The average Bonchev–Trinajstić information content (AvgIpc) is 3.99. The summed E-state index contributed by atoms with van der Waals surface area (Å²) >= 11 is 0. The Balaban J connectivity index is 1.47. The monoisotopic (exact) mass is 1110 g/mol. The molecule has 2 heterocycles. The molecule has 8 amide bonds. The van der Waals surface area contributed by atoms with Crippen molar-refractivity contribution in [2.75, 3.05) is 19.6 Å². The highest BCUT2D eigenvalue weighted by Gasteiger charge is 2.36. The normalized spacial score (nSPS) is 22.1. The van der Waals surface area contributed by atoms with Gasteiger partial charge in [0.2, 0.25) is 47.3 Å². The summed E-state index contributed by atoms with van der Waals surface area (Å²) in [5.74, 6) is -5.82. The highest BCUT2D eigenvalue weighted by atomic mass is 16.2. The van der Waals surface area contributed by atoms with E-state index in [9.17, 15) is 38.4 Å². The number of hydrogen-bond acceptors (Lipinski definition) is 12. The third-order valence-electron chi connectivity index (χ3n) is 14.0. The predicted molar refractivity (Wildman–Crippen MR) is 307 cm³/mol. The van der Waals surface area contributed by atoms with Crippen LogP contribution in [-0.2, 0) is 70.5 Å². The molecule has 21 nitrogen and oxygen atoms in total. The number of nitrogens with two attached hydrogens (primary N) is 3. The lowest BCUT2D eigenvalue weighted by Crippen LogP contribution is -2.62. The van der Waals surface area contributed by atoms with Crippen molar-refractivity contribution < 1.29 is 38.4 Å². The van der Waals surface area contributed by atoms with Crippen molar-refractivity contribution >= 4 is 47.3 Å². The van der Waals surface area contributed by atoms with Crippen molar-refractivity contribution in [1.29, 1.82) is 0 Å². The SMILES string of the molecule is NCCCC[C@@H]1NC(=O)[C@H](CCCCN)NC(=O)[C@H](Cc2cnc[nH]2)NC(=O)[C@H](Cc2ccccc2)NC(=O)[C@H](Cc2ccccc2)NC(=O)[C@H](Cc2ccccc2)NC(=O)[C@H](Cc2ccccc2)NC(=O)[C@H](CCCCN)NC1=O. The molecule has 432 valence electrons. The first-order valence-corrected chi connectivity index (χ1v) is 28.0. The zero-order valence-corrected chi connectivity index (χ0v) is 45.8. The van der Waals surface area contributed by atoms with Crippen molar-refractivity contribution in [2.45, 2.75) is 138 Å². The third kappa shape index (κ3) is 20.7. The topological polar surface area (TPSA) is 340 Å². The van der Waals surface area contributed by atoms with E-state index in [-0.39, 0.29) is 51.4 Å². The molecule has 1 fully saturated rings. The van der Waals surface area contributed by atoms with Crippen LogP contribution in [0.15, 0.2) is 134 Å². The van der Waals surface area contributed by atoms with Gasteiger partial charge in [0.05, 0.1) is 6.33 Å². The standard InChI is InChI=1S/C60H79N13O8/c61-30-16-13-27-45-53(74)67-47(29-15-18-32-63)55(76)69-48(33-40-19-5-1-6-20-40)56(77)70-49(34-41-21-7-2-8-22-41)57(78)71-50(35-42-23-9-3-10-24-42)58(79)72-51(36-43-25-11-4-12-26-43)59(80)73-52(37-44-38-64-39-65-44)60(81)68-46(54(75)66-45)28-14-17-31-62/h1-12,19-26,38-39,45-52H,13-18,27-37,61-63H2,(H,64,65)(H,66,75)(H,67,74)(H,68,81)(H,69,76)(H,70,77)(H,71,78)(H,72,79)(H,73,80)/t45-,46-,47-,48-,49-,50-,51-,52-/m0/s1. The van der Waals surface area contributed by atoms with Crippen LogP contribution < -0.4 is 59.7 Å². The molecule has 1 aliphatic heterocycles. The van der Waals surface area contributed by atoms with E-state index in [1.54, 1.807) is 103 Å². The fraction of sp³-hybridized carbons (Fsp3) is 0.417. The second-order valence-corrected chi connectivity index (χ2v) is 20.4. The molecule has 1 aromatic heterocycles. The molecule has 1 saturated heterocycles. The van der Waals surface area contributed by atoms with Crippen LogP contribution in [0.1, 0.15) is 85.7 Å². The molecule has 5 aromatic rings. The molecule has 15 N–H and O–H groups in total. The van der Waals surface area contributed by atoms with E-state index >= 15 is 0 Å². The number of rotatable bonds is 22. The minimum atomic E-state index is -1.35. The summed E-state index contributed by atoms with van der Waals surface area (Å²) in [5, 5.41) is 22.9. The van der Waals surface area contributed by atoms with Crippen LogP contribution in [0.25, 0.3) is 0 Å². The summed E-state index contributed by atoms with van der Waals surface area (Å²) in [6, 6.07) is 25.5. The summed E-state index contributed by atoms with van der Waals surface area (Å²) in [4.78, 5) is 125. The molecule has 0 unspecified atom stereocenters. The number of unbranched alkanes of at least 4 members (excludes halogenated alkanes) is 3. The first-order chi connectivity index (χ1) is 39.3. The molecule has 6 rings (SSSR count). The van der Waals surface area contributed by atoms with E-state index in [0.717, 1.165) is 0 Å². The van der Waals surface area contributed by atoms with Gasteiger partial charge in [0, 0.05) is 44.0 Å². The van der Waals surface area contributed by atoms with E-state index in [4.69, 9.17) is 17.2 Å². The molecule has 4 aromatic carbocycles. The number of nitrogens with one attached hydrogen (secondary N) is 9. The van der Waals surface area contributed by atoms with E-state index in [2.05, 4.69) is 52.5 Å². The second-order valence-electron chi connectivity index (χ2n) is 20.4. The van der Waals surface area contributed by atoms with Crippen molar-refractivity contribution in [2.24, 2.45) is 17.2 Å². The average molecular weight is 1110 g/mol. The highest BCUT2D eigenvalue weighted by molar-refractivity contribution is 5.99. The van der Waals surface area contributed by atoms with Crippen LogP contribution in [0, 0.1) is 0 Å². The van der Waals surface area contributed by atoms with Crippen molar-refractivity contribution in [3.8, 4) is 0 Å². The summed E-state index contributed by atoms with van der Waals surface area (Å²) in [5.41, 5.74) is 20.8. The van der Waals surface area contributed by atoms with Gasteiger partial charge in [-0.1, -0.05) is 121 Å². The summed E-state index contributed by atoms with van der Waals surface area (Å²) < 4.78 is 0. The largest absolute Gasteiger partial charge is 0.348 e. The molecule has 0 radical (unpaired) electrons. The van der Waals surface area contributed by atoms with Crippen LogP contribution >= 0.6 is 0 Å². The van der Waals surface area contributed by atoms with E-state index in [1.165, 1.54) is 12.5 Å². The minimum Gasteiger partial charge on any atom is -0.348 e. The van der Waals surface area contributed by atoms with Gasteiger partial charge in [0.15, 0.2) is 0 Å². The maximum Gasteiger partial charge on any atom is 0.243 e. The number of benzene rings is 4. The van der Waals surface area contributed by atoms with Crippen LogP contribution in [-0.4, -0.2) is 125 Å². The highest BCUT2D eigenvalue weighted by Crippen LogP contribution is 2.14. The van der Waals surface area contributed by atoms with Crippen LogP contribution in [0.5, 0.6) is 0 Å². The number of carbonyl (C=O) groups is 8. The van der Waals surface area contributed by atoms with Gasteiger partial charge in [-0.05, 0) is 99.7 Å². The molecule has 0 aliphatic carbocycles. The van der Waals surface area contributed by atoms with Gasteiger partial charge in [0.25, 0.3) is 0 Å². The van der Waals surface area contributed by atoms with Crippen LogP contribution in [0.2, 0.25) is 0 Å². The lowest BCUT2D eigenvalue weighted by atomic mass is 9.99. The molecule has 21 heteroatoms. The van der Waals surface area contributed by atoms with Crippen LogP contribution in [0.3, 0.4) is 0 Å². The molecule has 81 heavy (non-hydrogen) atoms. The number of amides is 8. The minimum absolute atomic E-state index is 0.0246. The number of aromatic nitrogens is 2. The second kappa shape index (κ2) is 33.4. The smallest absolute Gasteiger partial charge is 0.243 e. The molecule has 1 aliphatic rings. The lowest BCUT2D eigenvalue weighted by molar-refractivity contribution is -0.136.